The lowest BCUT2D eigenvalue weighted by atomic mass is 9.85. The van der Waals surface area contributed by atoms with Crippen LogP contribution in [0.1, 0.15) is 34.2 Å². The molecule has 1 spiro atoms. The molecule has 5 heterocycles. The van der Waals surface area contributed by atoms with Gasteiger partial charge in [0.1, 0.15) is 11.5 Å². The SMILES string of the molecule is Cc1nc(C(=O)N2CC[C@@]3(CCn4c(-c5cccs5)cnc43)C2)cs1. The van der Waals surface area contributed by atoms with Crippen molar-refractivity contribution in [2.75, 3.05) is 13.1 Å². The molecular weight excluding hydrogens is 352 g/mol. The van der Waals surface area contributed by atoms with E-state index in [1.807, 2.05) is 23.4 Å². The minimum Gasteiger partial charge on any atom is -0.336 e. The molecule has 7 heteroatoms. The van der Waals surface area contributed by atoms with Crippen LogP contribution < -0.4 is 0 Å². The van der Waals surface area contributed by atoms with Gasteiger partial charge in [-0.25, -0.2) is 9.97 Å². The molecule has 2 aliphatic heterocycles. The standard InChI is InChI=1S/C18H18N4OS2/c1-12-20-13(10-25-12)16(23)21-6-4-18(11-21)5-7-22-14(9-19-17(18)22)15-3-2-8-24-15/h2-3,8-10H,4-7,11H2,1H3/t18-/m1/s1. The average molecular weight is 371 g/mol. The Balaban J connectivity index is 1.43. The number of aromatic nitrogens is 3. The summed E-state index contributed by atoms with van der Waals surface area (Å²) in [7, 11) is 0. The van der Waals surface area contributed by atoms with Gasteiger partial charge >= 0.3 is 0 Å². The van der Waals surface area contributed by atoms with Crippen molar-refractivity contribution in [3.8, 4) is 10.6 Å². The van der Waals surface area contributed by atoms with Crippen molar-refractivity contribution in [2.45, 2.75) is 31.7 Å². The second-order valence-corrected chi connectivity index (χ2v) is 8.86. The molecule has 3 aromatic rings. The first-order chi connectivity index (χ1) is 12.2. The number of hydrogen-bond donors (Lipinski definition) is 0. The Morgan fingerprint density at radius 1 is 1.28 bits per heavy atom. The van der Waals surface area contributed by atoms with Crippen molar-refractivity contribution >= 4 is 28.6 Å². The zero-order chi connectivity index (χ0) is 17.0. The second kappa shape index (κ2) is 5.51. The summed E-state index contributed by atoms with van der Waals surface area (Å²) >= 11 is 3.28. The Bertz CT molecular complexity index is 942. The maximum atomic E-state index is 12.7. The van der Waals surface area contributed by atoms with Gasteiger partial charge < -0.3 is 9.47 Å². The summed E-state index contributed by atoms with van der Waals surface area (Å²) < 4.78 is 2.35. The third-order valence-corrected chi connectivity index (χ3v) is 7.06. The van der Waals surface area contributed by atoms with Crippen molar-refractivity contribution in [2.24, 2.45) is 0 Å². The number of amides is 1. The predicted molar refractivity (Wildman–Crippen MR) is 99.2 cm³/mol. The molecule has 0 bridgehead atoms. The third kappa shape index (κ3) is 2.29. The van der Waals surface area contributed by atoms with Gasteiger partial charge in [-0.2, -0.15) is 0 Å². The van der Waals surface area contributed by atoms with E-state index >= 15 is 0 Å². The van der Waals surface area contributed by atoms with Gasteiger partial charge in [-0.1, -0.05) is 6.07 Å². The topological polar surface area (TPSA) is 51.0 Å². The van der Waals surface area contributed by atoms with Gasteiger partial charge in [0.05, 0.1) is 21.8 Å². The van der Waals surface area contributed by atoms with E-state index in [9.17, 15) is 4.79 Å². The minimum atomic E-state index is 0.0102. The number of fused-ring (bicyclic) bond motifs is 2. The van der Waals surface area contributed by atoms with Gasteiger partial charge in [0, 0.05) is 30.4 Å². The quantitative estimate of drug-likeness (QED) is 0.693. The van der Waals surface area contributed by atoms with Crippen molar-refractivity contribution in [3.63, 3.8) is 0 Å². The number of carbonyl (C=O) groups is 1. The molecule has 0 N–H and O–H groups in total. The highest BCUT2D eigenvalue weighted by Gasteiger charge is 2.48. The lowest BCUT2D eigenvalue weighted by Crippen LogP contribution is -2.33. The van der Waals surface area contributed by atoms with E-state index in [1.54, 1.807) is 11.3 Å². The Morgan fingerprint density at radius 2 is 2.16 bits per heavy atom. The maximum absolute atomic E-state index is 12.7. The monoisotopic (exact) mass is 370 g/mol. The first-order valence-electron chi connectivity index (χ1n) is 8.48. The molecular formula is C18H18N4OS2. The molecule has 5 nitrogen and oxygen atoms in total. The van der Waals surface area contributed by atoms with Crippen molar-refractivity contribution in [1.82, 2.24) is 19.4 Å². The van der Waals surface area contributed by atoms with Crippen LogP contribution in [0.4, 0.5) is 0 Å². The first kappa shape index (κ1) is 15.3. The van der Waals surface area contributed by atoms with Crippen LogP contribution in [0.2, 0.25) is 0 Å². The molecule has 0 radical (unpaired) electrons. The number of rotatable bonds is 2. The smallest absolute Gasteiger partial charge is 0.273 e. The van der Waals surface area contributed by atoms with Crippen LogP contribution in [-0.4, -0.2) is 38.4 Å². The van der Waals surface area contributed by atoms with E-state index in [2.05, 4.69) is 27.1 Å². The maximum Gasteiger partial charge on any atom is 0.273 e. The van der Waals surface area contributed by atoms with Crippen molar-refractivity contribution in [1.29, 1.82) is 0 Å². The number of carbonyl (C=O) groups excluding carboxylic acids is 1. The van der Waals surface area contributed by atoms with E-state index in [0.29, 0.717) is 5.69 Å². The highest BCUT2D eigenvalue weighted by molar-refractivity contribution is 7.13. The van der Waals surface area contributed by atoms with E-state index in [0.717, 1.165) is 43.3 Å². The van der Waals surface area contributed by atoms with E-state index in [-0.39, 0.29) is 11.3 Å². The summed E-state index contributed by atoms with van der Waals surface area (Å²) in [6, 6.07) is 4.23. The van der Waals surface area contributed by atoms with Gasteiger partial charge in [-0.3, -0.25) is 4.79 Å². The van der Waals surface area contributed by atoms with E-state index in [4.69, 9.17) is 4.98 Å². The minimum absolute atomic E-state index is 0.0102. The molecule has 25 heavy (non-hydrogen) atoms. The fraction of sp³-hybridized carbons (Fsp3) is 0.389. The molecule has 1 saturated heterocycles. The van der Waals surface area contributed by atoms with Crippen LogP contribution in [0.5, 0.6) is 0 Å². The van der Waals surface area contributed by atoms with Crippen molar-refractivity contribution < 1.29 is 4.79 Å². The molecule has 5 rings (SSSR count). The highest BCUT2D eigenvalue weighted by Crippen LogP contribution is 2.44. The van der Waals surface area contributed by atoms with Crippen LogP contribution in [0.15, 0.2) is 29.1 Å². The molecule has 0 saturated carbocycles. The Kier molecular flexibility index (Phi) is 3.36. The van der Waals surface area contributed by atoms with Gasteiger partial charge in [0.25, 0.3) is 5.91 Å². The van der Waals surface area contributed by atoms with Gasteiger partial charge in [0.2, 0.25) is 0 Å². The predicted octanol–water partition coefficient (Wildman–Crippen LogP) is 3.56. The van der Waals surface area contributed by atoms with Crippen LogP contribution >= 0.6 is 22.7 Å². The number of thiophene rings is 1. The molecule has 0 aliphatic carbocycles. The Hall–Kier alpha value is -1.99. The normalized spacial score (nSPS) is 22.0. The molecule has 0 aromatic carbocycles. The second-order valence-electron chi connectivity index (χ2n) is 6.85. The van der Waals surface area contributed by atoms with Crippen LogP contribution in [0.25, 0.3) is 10.6 Å². The Labute approximate surface area is 154 Å². The molecule has 0 unspecified atom stereocenters. The molecule has 1 fully saturated rings. The summed E-state index contributed by atoms with van der Waals surface area (Å²) in [5.41, 5.74) is 1.80. The summed E-state index contributed by atoms with van der Waals surface area (Å²) in [6.07, 6.45) is 4.05. The number of aryl methyl sites for hydroxylation is 1. The number of likely N-dealkylation sites (tertiary alicyclic amines) is 1. The number of hydrogen-bond acceptors (Lipinski definition) is 5. The van der Waals surface area contributed by atoms with Gasteiger partial charge in [0.15, 0.2) is 0 Å². The molecule has 2 aliphatic rings. The Morgan fingerprint density at radius 3 is 2.92 bits per heavy atom. The van der Waals surface area contributed by atoms with Crippen LogP contribution in [0.3, 0.4) is 0 Å². The highest BCUT2D eigenvalue weighted by atomic mass is 32.1. The van der Waals surface area contributed by atoms with Gasteiger partial charge in [-0.15, -0.1) is 22.7 Å². The summed E-state index contributed by atoms with van der Waals surface area (Å²) in [5, 5.41) is 4.91. The molecule has 1 atom stereocenters. The number of thiazole rings is 1. The summed E-state index contributed by atoms with van der Waals surface area (Å²) in [5.74, 6) is 1.21. The summed E-state index contributed by atoms with van der Waals surface area (Å²) in [4.78, 5) is 25.1. The van der Waals surface area contributed by atoms with Gasteiger partial charge in [-0.05, 0) is 31.2 Å². The van der Waals surface area contributed by atoms with Crippen LogP contribution in [-0.2, 0) is 12.0 Å². The fourth-order valence-electron chi connectivity index (χ4n) is 4.14. The lowest BCUT2D eigenvalue weighted by Gasteiger charge is -2.22. The molecule has 3 aromatic heterocycles. The number of nitrogens with zero attached hydrogens (tertiary/aromatic N) is 4. The van der Waals surface area contributed by atoms with E-state index < -0.39 is 0 Å². The zero-order valence-corrected chi connectivity index (χ0v) is 15.6. The molecule has 128 valence electrons. The van der Waals surface area contributed by atoms with Crippen LogP contribution in [0, 0.1) is 6.92 Å². The lowest BCUT2D eigenvalue weighted by molar-refractivity contribution is 0.0778. The van der Waals surface area contributed by atoms with Crippen molar-refractivity contribution in [3.05, 3.63) is 45.6 Å². The first-order valence-corrected chi connectivity index (χ1v) is 10.2. The van der Waals surface area contributed by atoms with E-state index in [1.165, 1.54) is 21.9 Å². The summed E-state index contributed by atoms with van der Waals surface area (Å²) in [6.45, 7) is 4.47. The average Bonchev–Trinajstić information content (AvgIpc) is 3.39. The molecule has 1 amide bonds. The largest absolute Gasteiger partial charge is 0.336 e. The fourth-order valence-corrected chi connectivity index (χ4v) is 5.47. The number of imidazole rings is 1. The third-order valence-electron chi connectivity index (χ3n) is 5.40. The zero-order valence-electron chi connectivity index (χ0n) is 13.9.